The Labute approximate surface area is 131 Å². The van der Waals surface area contributed by atoms with Crippen LogP contribution in [0.3, 0.4) is 0 Å². The summed E-state index contributed by atoms with van der Waals surface area (Å²) < 4.78 is 0.825. The Bertz CT molecular complexity index is 646. The summed E-state index contributed by atoms with van der Waals surface area (Å²) in [4.78, 5) is 14.0. The molecule has 0 fully saturated rings. The van der Waals surface area contributed by atoms with E-state index in [2.05, 4.69) is 15.9 Å². The summed E-state index contributed by atoms with van der Waals surface area (Å²) in [6, 6.07) is 12.7. The number of hydrogen-bond donors (Lipinski definition) is 1. The number of amides is 1. The van der Waals surface area contributed by atoms with Crippen LogP contribution in [0.25, 0.3) is 0 Å². The standard InChI is InChI=1S/C15H14BrClN2O/c1-19(9-10-3-2-4-12(17)7-10)15(20)13-8-11(16)5-6-14(13)18/h2-8H,9,18H2,1H3. The zero-order chi connectivity index (χ0) is 14.7. The second-order valence-corrected chi connectivity index (χ2v) is 5.87. The van der Waals surface area contributed by atoms with E-state index in [0.29, 0.717) is 22.8 Å². The molecule has 0 bridgehead atoms. The summed E-state index contributed by atoms with van der Waals surface area (Å²) >= 11 is 9.29. The van der Waals surface area contributed by atoms with Crippen LogP contribution in [0.4, 0.5) is 5.69 Å². The van der Waals surface area contributed by atoms with Crippen LogP contribution in [-0.4, -0.2) is 17.9 Å². The molecule has 0 spiro atoms. The van der Waals surface area contributed by atoms with Gasteiger partial charge in [0.2, 0.25) is 0 Å². The Morgan fingerprint density at radius 2 is 2.05 bits per heavy atom. The van der Waals surface area contributed by atoms with Crippen LogP contribution in [0.5, 0.6) is 0 Å². The van der Waals surface area contributed by atoms with E-state index in [-0.39, 0.29) is 5.91 Å². The maximum atomic E-state index is 12.4. The van der Waals surface area contributed by atoms with E-state index in [1.165, 1.54) is 0 Å². The summed E-state index contributed by atoms with van der Waals surface area (Å²) in [5.74, 6) is -0.122. The number of rotatable bonds is 3. The predicted octanol–water partition coefficient (Wildman–Crippen LogP) is 3.96. The van der Waals surface area contributed by atoms with Crippen molar-refractivity contribution in [3.63, 3.8) is 0 Å². The summed E-state index contributed by atoms with van der Waals surface area (Å²) in [7, 11) is 1.74. The molecule has 0 radical (unpaired) electrons. The van der Waals surface area contributed by atoms with E-state index in [0.717, 1.165) is 10.0 Å². The first-order valence-corrected chi connectivity index (χ1v) is 7.19. The van der Waals surface area contributed by atoms with Gasteiger partial charge in [0.25, 0.3) is 5.91 Å². The van der Waals surface area contributed by atoms with Crippen molar-refractivity contribution in [3.05, 3.63) is 63.1 Å². The Hall–Kier alpha value is -1.52. The van der Waals surface area contributed by atoms with Crippen LogP contribution in [0, 0.1) is 0 Å². The maximum absolute atomic E-state index is 12.4. The Balaban J connectivity index is 2.18. The molecule has 0 aliphatic rings. The molecule has 2 rings (SSSR count). The number of carbonyl (C=O) groups excluding carboxylic acids is 1. The van der Waals surface area contributed by atoms with E-state index in [4.69, 9.17) is 17.3 Å². The topological polar surface area (TPSA) is 46.3 Å². The number of halogens is 2. The van der Waals surface area contributed by atoms with Crippen LogP contribution >= 0.6 is 27.5 Å². The monoisotopic (exact) mass is 352 g/mol. The zero-order valence-corrected chi connectivity index (χ0v) is 13.3. The molecule has 0 unspecified atom stereocenters. The lowest BCUT2D eigenvalue weighted by atomic mass is 10.1. The number of anilines is 1. The van der Waals surface area contributed by atoms with Crippen molar-refractivity contribution in [1.29, 1.82) is 0 Å². The van der Waals surface area contributed by atoms with Crippen LogP contribution in [-0.2, 0) is 6.54 Å². The highest BCUT2D eigenvalue weighted by atomic mass is 79.9. The first kappa shape index (κ1) is 14.9. The van der Waals surface area contributed by atoms with Gasteiger partial charge in [-0.05, 0) is 35.9 Å². The lowest BCUT2D eigenvalue weighted by molar-refractivity contribution is 0.0786. The van der Waals surface area contributed by atoms with Crippen molar-refractivity contribution >= 4 is 39.1 Å². The maximum Gasteiger partial charge on any atom is 0.256 e. The molecule has 1 amide bonds. The molecule has 0 heterocycles. The van der Waals surface area contributed by atoms with E-state index in [1.54, 1.807) is 30.1 Å². The van der Waals surface area contributed by atoms with Gasteiger partial charge in [0.1, 0.15) is 0 Å². The fraction of sp³-hybridized carbons (Fsp3) is 0.133. The molecule has 2 aromatic rings. The molecular formula is C15H14BrClN2O. The molecule has 0 aliphatic carbocycles. The SMILES string of the molecule is CN(Cc1cccc(Cl)c1)C(=O)c1cc(Br)ccc1N. The summed E-state index contributed by atoms with van der Waals surface area (Å²) in [5, 5.41) is 0.658. The molecule has 5 heteroatoms. The smallest absolute Gasteiger partial charge is 0.256 e. The van der Waals surface area contributed by atoms with E-state index in [1.807, 2.05) is 24.3 Å². The third-order valence-electron chi connectivity index (χ3n) is 2.90. The van der Waals surface area contributed by atoms with Crippen LogP contribution in [0.15, 0.2) is 46.9 Å². The van der Waals surface area contributed by atoms with Crippen LogP contribution in [0.1, 0.15) is 15.9 Å². The Morgan fingerprint density at radius 3 is 2.75 bits per heavy atom. The Morgan fingerprint density at radius 1 is 1.30 bits per heavy atom. The van der Waals surface area contributed by atoms with Crippen molar-refractivity contribution in [1.82, 2.24) is 4.90 Å². The van der Waals surface area contributed by atoms with Crippen LogP contribution in [0.2, 0.25) is 5.02 Å². The lowest BCUT2D eigenvalue weighted by Crippen LogP contribution is -2.27. The zero-order valence-electron chi connectivity index (χ0n) is 10.9. The molecule has 0 saturated carbocycles. The van der Waals surface area contributed by atoms with E-state index >= 15 is 0 Å². The molecule has 104 valence electrons. The third-order valence-corrected chi connectivity index (χ3v) is 3.63. The quantitative estimate of drug-likeness (QED) is 0.849. The van der Waals surface area contributed by atoms with Gasteiger partial charge in [-0.1, -0.05) is 39.7 Å². The molecular weight excluding hydrogens is 340 g/mol. The van der Waals surface area contributed by atoms with Gasteiger partial charge < -0.3 is 10.6 Å². The minimum atomic E-state index is -0.122. The summed E-state index contributed by atoms with van der Waals surface area (Å²) in [5.41, 5.74) is 7.79. The highest BCUT2D eigenvalue weighted by Crippen LogP contribution is 2.21. The minimum Gasteiger partial charge on any atom is -0.398 e. The fourth-order valence-electron chi connectivity index (χ4n) is 1.90. The first-order chi connectivity index (χ1) is 9.47. The third kappa shape index (κ3) is 3.52. The number of nitrogens with zero attached hydrogens (tertiary/aromatic N) is 1. The number of nitrogen functional groups attached to an aromatic ring is 1. The second kappa shape index (κ2) is 6.29. The molecule has 2 N–H and O–H groups in total. The molecule has 0 aromatic heterocycles. The highest BCUT2D eigenvalue weighted by Gasteiger charge is 2.15. The van der Waals surface area contributed by atoms with Crippen molar-refractivity contribution in [2.24, 2.45) is 0 Å². The molecule has 0 aliphatic heterocycles. The van der Waals surface area contributed by atoms with Crippen LogP contribution < -0.4 is 5.73 Å². The summed E-state index contributed by atoms with van der Waals surface area (Å²) in [6.07, 6.45) is 0. The first-order valence-electron chi connectivity index (χ1n) is 6.02. The van der Waals surface area contributed by atoms with Gasteiger partial charge in [-0.2, -0.15) is 0 Å². The fourth-order valence-corrected chi connectivity index (χ4v) is 2.47. The summed E-state index contributed by atoms with van der Waals surface area (Å²) in [6.45, 7) is 0.478. The van der Waals surface area contributed by atoms with E-state index < -0.39 is 0 Å². The Kier molecular flexibility index (Phi) is 4.68. The molecule has 2 aromatic carbocycles. The normalized spacial score (nSPS) is 10.3. The average Bonchev–Trinajstić information content (AvgIpc) is 2.40. The van der Waals surface area contributed by atoms with Gasteiger partial charge in [-0.15, -0.1) is 0 Å². The lowest BCUT2D eigenvalue weighted by Gasteiger charge is -2.18. The molecule has 0 saturated heterocycles. The second-order valence-electron chi connectivity index (χ2n) is 4.52. The van der Waals surface area contributed by atoms with Gasteiger partial charge in [0, 0.05) is 28.8 Å². The van der Waals surface area contributed by atoms with Crippen molar-refractivity contribution in [3.8, 4) is 0 Å². The average molecular weight is 354 g/mol. The highest BCUT2D eigenvalue weighted by molar-refractivity contribution is 9.10. The number of carbonyl (C=O) groups is 1. The van der Waals surface area contributed by atoms with Gasteiger partial charge in [-0.25, -0.2) is 0 Å². The molecule has 20 heavy (non-hydrogen) atoms. The molecule has 3 nitrogen and oxygen atoms in total. The minimum absolute atomic E-state index is 0.122. The number of benzene rings is 2. The van der Waals surface area contributed by atoms with Crippen molar-refractivity contribution in [2.75, 3.05) is 12.8 Å². The number of hydrogen-bond acceptors (Lipinski definition) is 2. The predicted molar refractivity (Wildman–Crippen MR) is 85.8 cm³/mol. The van der Waals surface area contributed by atoms with Gasteiger partial charge >= 0.3 is 0 Å². The van der Waals surface area contributed by atoms with Gasteiger partial charge in [-0.3, -0.25) is 4.79 Å². The number of nitrogens with two attached hydrogens (primary N) is 1. The molecule has 0 atom stereocenters. The van der Waals surface area contributed by atoms with Crippen molar-refractivity contribution in [2.45, 2.75) is 6.54 Å². The van der Waals surface area contributed by atoms with Crippen molar-refractivity contribution < 1.29 is 4.79 Å². The van der Waals surface area contributed by atoms with E-state index in [9.17, 15) is 4.79 Å². The van der Waals surface area contributed by atoms with Gasteiger partial charge in [0.05, 0.1) is 5.56 Å². The van der Waals surface area contributed by atoms with Gasteiger partial charge in [0.15, 0.2) is 0 Å². The largest absolute Gasteiger partial charge is 0.398 e.